The third-order valence-corrected chi connectivity index (χ3v) is 7.08. The fraction of sp³-hybridized carbons (Fsp3) is 0.414. The Morgan fingerprint density at radius 3 is 2.65 bits per heavy atom. The first-order valence-electron chi connectivity index (χ1n) is 13.7. The fourth-order valence-corrected chi connectivity index (χ4v) is 4.56. The number of phenols is 1. The number of nitrogens with two attached hydrogens (primary N) is 1. The summed E-state index contributed by atoms with van der Waals surface area (Å²) in [5, 5.41) is 35.8. The number of azide groups is 1. The molecule has 7 N–H and O–H groups in total. The van der Waals surface area contributed by atoms with Crippen LogP contribution in [0.4, 0.5) is 0 Å². The number of H-pyrrole nitrogens is 1. The average Bonchev–Trinajstić information content (AvgIpc) is 3.40. The minimum atomic E-state index is -0.775. The second-order valence-corrected chi connectivity index (χ2v) is 10.3. The molecule has 1 aliphatic rings. The highest BCUT2D eigenvalue weighted by Gasteiger charge is 2.35. The van der Waals surface area contributed by atoms with Gasteiger partial charge in [0.15, 0.2) is 0 Å². The quantitative estimate of drug-likeness (QED) is 0.109. The molecule has 2 heterocycles. The van der Waals surface area contributed by atoms with Crippen molar-refractivity contribution in [3.8, 4) is 5.75 Å². The summed E-state index contributed by atoms with van der Waals surface area (Å²) in [6.07, 6.45) is 1.48. The van der Waals surface area contributed by atoms with Crippen LogP contribution in [0.1, 0.15) is 59.1 Å². The van der Waals surface area contributed by atoms with E-state index in [1.54, 1.807) is 13.0 Å². The summed E-state index contributed by atoms with van der Waals surface area (Å²) >= 11 is 0. The van der Waals surface area contributed by atoms with Gasteiger partial charge in [-0.1, -0.05) is 41.5 Å². The van der Waals surface area contributed by atoms with Crippen LogP contribution in [0.15, 0.2) is 69.4 Å². The largest absolute Gasteiger partial charge is 0.507 e. The van der Waals surface area contributed by atoms with Crippen LogP contribution >= 0.6 is 0 Å². The standard InChI is InChI=1S/C19H24N2O3.C10H13N5O4/c1-13(7-8-14-5-3-2-4-6-14)21-12-18(23)15-9-10-17(22)16(11-15)19(20)24;1-5-3-15(10(18)12-9(5)17)8-2-6(13-14-11)7(4-16)19-8/h2-6,9-11,13,18,21-23H,7-8,12H2,1H3,(H2,20,24);3,6-8,16H,2,4H2,1H3,(H,12,17,18)/t;6-,7+,8+/m.0/s1. The second kappa shape index (κ2) is 15.7. The number of amides is 1. The predicted octanol–water partition coefficient (Wildman–Crippen LogP) is 1.94. The number of hydrogen-bond donors (Lipinski definition) is 6. The normalized spacial score (nSPS) is 19.0. The third-order valence-electron chi connectivity index (χ3n) is 7.08. The smallest absolute Gasteiger partial charge is 0.330 e. The van der Waals surface area contributed by atoms with Gasteiger partial charge in [0.25, 0.3) is 11.5 Å². The molecule has 5 atom stereocenters. The first-order valence-corrected chi connectivity index (χ1v) is 13.7. The number of carbonyl (C=O) groups is 1. The molecular formula is C29H37N7O7. The number of rotatable bonds is 11. The Morgan fingerprint density at radius 1 is 1.28 bits per heavy atom. The molecule has 2 unspecified atom stereocenters. The summed E-state index contributed by atoms with van der Waals surface area (Å²) in [4.78, 5) is 39.1. The van der Waals surface area contributed by atoms with Crippen LogP contribution in [0.3, 0.4) is 0 Å². The Morgan fingerprint density at radius 2 is 2.00 bits per heavy atom. The number of aromatic amines is 1. The summed E-state index contributed by atoms with van der Waals surface area (Å²) in [6, 6.07) is 14.3. The van der Waals surface area contributed by atoms with Gasteiger partial charge in [-0.2, -0.15) is 0 Å². The van der Waals surface area contributed by atoms with Gasteiger partial charge in [0.05, 0.1) is 30.4 Å². The summed E-state index contributed by atoms with van der Waals surface area (Å²) in [6.45, 7) is 3.69. The lowest BCUT2D eigenvalue weighted by atomic mass is 10.0. The van der Waals surface area contributed by atoms with Crippen LogP contribution in [0.2, 0.25) is 0 Å². The summed E-state index contributed by atoms with van der Waals surface area (Å²) in [5.41, 5.74) is 14.8. The lowest BCUT2D eigenvalue weighted by molar-refractivity contribution is -0.0271. The summed E-state index contributed by atoms with van der Waals surface area (Å²) in [5.74, 6) is -0.895. The molecule has 1 aromatic heterocycles. The number of nitrogens with zero attached hydrogens (tertiary/aromatic N) is 4. The minimum Gasteiger partial charge on any atom is -0.507 e. The van der Waals surface area contributed by atoms with Crippen LogP contribution in [-0.2, 0) is 11.2 Å². The molecule has 2 aromatic carbocycles. The van der Waals surface area contributed by atoms with Crippen LogP contribution in [-0.4, -0.2) is 62.1 Å². The summed E-state index contributed by atoms with van der Waals surface area (Å²) < 4.78 is 6.69. The number of ether oxygens (including phenoxy) is 1. The number of aryl methyl sites for hydroxylation is 2. The van der Waals surface area contributed by atoms with Gasteiger partial charge < -0.3 is 31.1 Å². The zero-order chi connectivity index (χ0) is 31.5. The van der Waals surface area contributed by atoms with Crippen LogP contribution in [0, 0.1) is 6.92 Å². The molecule has 0 spiro atoms. The Labute approximate surface area is 247 Å². The van der Waals surface area contributed by atoms with E-state index in [2.05, 4.69) is 39.4 Å². The molecule has 3 aromatic rings. The number of nitrogens with one attached hydrogen (secondary N) is 2. The number of aromatic nitrogens is 2. The molecule has 14 nitrogen and oxygen atoms in total. The molecule has 1 saturated heterocycles. The van der Waals surface area contributed by atoms with Crippen molar-refractivity contribution in [2.45, 2.75) is 63.6 Å². The van der Waals surface area contributed by atoms with Gasteiger partial charge in [0.1, 0.15) is 12.0 Å². The lowest BCUT2D eigenvalue weighted by Gasteiger charge is -2.18. The number of primary amides is 1. The van der Waals surface area contributed by atoms with Crippen molar-refractivity contribution in [1.82, 2.24) is 14.9 Å². The molecule has 1 aliphatic heterocycles. The number of aromatic hydroxyl groups is 1. The maximum atomic E-state index is 11.7. The predicted molar refractivity (Wildman–Crippen MR) is 158 cm³/mol. The Hall–Kier alpha value is -4.46. The fourth-order valence-electron chi connectivity index (χ4n) is 4.56. The average molecular weight is 596 g/mol. The molecule has 14 heteroatoms. The van der Waals surface area contributed by atoms with E-state index in [9.17, 15) is 24.6 Å². The van der Waals surface area contributed by atoms with E-state index >= 15 is 0 Å². The van der Waals surface area contributed by atoms with Gasteiger partial charge in [-0.15, -0.1) is 0 Å². The van der Waals surface area contributed by atoms with E-state index in [4.69, 9.17) is 21.1 Å². The molecule has 230 valence electrons. The molecule has 1 fully saturated rings. The lowest BCUT2D eigenvalue weighted by Crippen LogP contribution is -2.33. The second-order valence-electron chi connectivity index (χ2n) is 10.3. The molecule has 0 saturated carbocycles. The SMILES string of the molecule is CC(CCc1ccccc1)NCC(O)c1ccc(O)c(C(N)=O)c1.Cc1cn([C@H]2C[C@H](N=[N+]=[N-])[C@@H](CO)O2)c(=O)[nH]c1=O. The number of aliphatic hydroxyl groups excluding tert-OH is 2. The van der Waals surface area contributed by atoms with E-state index in [0.717, 1.165) is 12.8 Å². The van der Waals surface area contributed by atoms with E-state index in [0.29, 0.717) is 17.7 Å². The van der Waals surface area contributed by atoms with Crippen LogP contribution < -0.4 is 22.3 Å². The Bertz CT molecular complexity index is 1540. The van der Waals surface area contributed by atoms with Crippen LogP contribution in [0.25, 0.3) is 10.4 Å². The highest BCUT2D eigenvalue weighted by molar-refractivity contribution is 5.95. The van der Waals surface area contributed by atoms with Crippen molar-refractivity contribution in [3.05, 3.63) is 108 Å². The zero-order valence-electron chi connectivity index (χ0n) is 24.0. The van der Waals surface area contributed by atoms with Crippen molar-refractivity contribution in [1.29, 1.82) is 0 Å². The first-order chi connectivity index (χ1) is 20.5. The topological polar surface area (TPSA) is 229 Å². The van der Waals surface area contributed by atoms with Gasteiger partial charge in [-0.3, -0.25) is 19.1 Å². The van der Waals surface area contributed by atoms with Crippen molar-refractivity contribution in [2.75, 3.05) is 13.2 Å². The molecule has 0 radical (unpaired) electrons. The highest BCUT2D eigenvalue weighted by atomic mass is 16.5. The first kappa shape index (κ1) is 33.0. The van der Waals surface area contributed by atoms with Crippen LogP contribution in [0.5, 0.6) is 5.75 Å². The van der Waals surface area contributed by atoms with Crippen molar-refractivity contribution in [2.24, 2.45) is 10.8 Å². The monoisotopic (exact) mass is 595 g/mol. The number of aliphatic hydroxyl groups is 2. The highest BCUT2D eigenvalue weighted by Crippen LogP contribution is 2.29. The van der Waals surface area contributed by atoms with Crippen molar-refractivity contribution < 1.29 is 24.9 Å². The number of hydrogen-bond acceptors (Lipinski definition) is 9. The van der Waals surface area contributed by atoms with E-state index in [1.165, 1.54) is 28.5 Å². The van der Waals surface area contributed by atoms with Gasteiger partial charge in [-0.05, 0) is 55.5 Å². The van der Waals surface area contributed by atoms with E-state index < -0.39 is 41.6 Å². The molecule has 0 bridgehead atoms. The maximum absolute atomic E-state index is 11.7. The molecule has 0 aliphatic carbocycles. The number of carbonyl (C=O) groups excluding carboxylic acids is 1. The number of benzene rings is 2. The van der Waals surface area contributed by atoms with E-state index in [1.807, 2.05) is 18.2 Å². The van der Waals surface area contributed by atoms with Crippen molar-refractivity contribution in [3.63, 3.8) is 0 Å². The Balaban J connectivity index is 0.000000242. The van der Waals surface area contributed by atoms with Gasteiger partial charge >= 0.3 is 5.69 Å². The van der Waals surface area contributed by atoms with E-state index in [-0.39, 0.29) is 30.4 Å². The zero-order valence-corrected chi connectivity index (χ0v) is 24.0. The Kier molecular flexibility index (Phi) is 12.0. The molecule has 4 rings (SSSR count). The maximum Gasteiger partial charge on any atom is 0.330 e. The third kappa shape index (κ3) is 9.26. The van der Waals surface area contributed by atoms with Gasteiger partial charge in [-0.25, -0.2) is 4.79 Å². The van der Waals surface area contributed by atoms with Gasteiger partial charge in [0.2, 0.25) is 0 Å². The molecular weight excluding hydrogens is 558 g/mol. The summed E-state index contributed by atoms with van der Waals surface area (Å²) in [7, 11) is 0. The van der Waals surface area contributed by atoms with Crippen molar-refractivity contribution >= 4 is 5.91 Å². The molecule has 43 heavy (non-hydrogen) atoms. The molecule has 1 amide bonds. The van der Waals surface area contributed by atoms with Gasteiger partial charge in [0, 0.05) is 35.7 Å². The minimum absolute atomic E-state index is 0.0173.